The highest BCUT2D eigenvalue weighted by atomic mass is 16.6. The maximum absolute atomic E-state index is 12.6. The second kappa shape index (κ2) is 5.84. The normalized spacial score (nSPS) is 24.6. The van der Waals surface area contributed by atoms with Gasteiger partial charge in [0.2, 0.25) is 0 Å². The molecule has 2 aliphatic carbocycles. The maximum Gasteiger partial charge on any atom is 0.340 e. The van der Waals surface area contributed by atoms with Gasteiger partial charge in [0.25, 0.3) is 5.71 Å². The highest BCUT2D eigenvalue weighted by Crippen LogP contribution is 2.58. The molecule has 0 aliphatic heterocycles. The standard InChI is InChI=1S/C18H22N2O4/c1-3-13-12-8-11(10-19-16(12)24-20-13)17(21)23-15-9-14(22-4-2)18(15)6-5-7-18/h8,10,14-15H,3-7,9H2,1-2H3/t14-,15-/m1/s1. The lowest BCUT2D eigenvalue weighted by molar-refractivity contribution is -0.224. The van der Waals surface area contributed by atoms with Gasteiger partial charge in [-0.25, -0.2) is 9.78 Å². The van der Waals surface area contributed by atoms with Crippen molar-refractivity contribution in [3.63, 3.8) is 0 Å². The van der Waals surface area contributed by atoms with Crippen LogP contribution in [-0.4, -0.2) is 34.9 Å². The highest BCUT2D eigenvalue weighted by Gasteiger charge is 2.61. The summed E-state index contributed by atoms with van der Waals surface area (Å²) >= 11 is 0. The molecule has 2 saturated carbocycles. The fraction of sp³-hybridized carbons (Fsp3) is 0.611. The van der Waals surface area contributed by atoms with E-state index >= 15 is 0 Å². The van der Waals surface area contributed by atoms with Gasteiger partial charge in [-0.3, -0.25) is 0 Å². The molecular formula is C18H22N2O4. The first-order valence-electron chi connectivity index (χ1n) is 8.75. The van der Waals surface area contributed by atoms with E-state index in [4.69, 9.17) is 14.0 Å². The van der Waals surface area contributed by atoms with Crippen LogP contribution in [0.3, 0.4) is 0 Å². The molecule has 0 radical (unpaired) electrons. The number of hydrogen-bond acceptors (Lipinski definition) is 6. The van der Waals surface area contributed by atoms with Crippen molar-refractivity contribution in [2.24, 2.45) is 5.41 Å². The number of carbonyl (C=O) groups excluding carboxylic acids is 1. The average molecular weight is 330 g/mol. The van der Waals surface area contributed by atoms with Crippen LogP contribution in [0.4, 0.5) is 0 Å². The van der Waals surface area contributed by atoms with Crippen LogP contribution in [0.1, 0.15) is 55.6 Å². The van der Waals surface area contributed by atoms with E-state index in [9.17, 15) is 4.79 Å². The molecule has 0 N–H and O–H groups in total. The zero-order valence-electron chi connectivity index (χ0n) is 14.1. The minimum Gasteiger partial charge on any atom is -0.458 e. The third-order valence-corrected chi connectivity index (χ3v) is 5.59. The van der Waals surface area contributed by atoms with E-state index in [1.54, 1.807) is 6.07 Å². The molecule has 6 nitrogen and oxygen atoms in total. The summed E-state index contributed by atoms with van der Waals surface area (Å²) < 4.78 is 16.8. The molecule has 6 heteroatoms. The minimum atomic E-state index is -0.320. The Hall–Kier alpha value is -1.95. The predicted octanol–water partition coefficient (Wildman–Crippen LogP) is 3.29. The van der Waals surface area contributed by atoms with Gasteiger partial charge in [0, 0.05) is 24.6 Å². The maximum atomic E-state index is 12.6. The molecule has 128 valence electrons. The van der Waals surface area contributed by atoms with Crippen LogP contribution in [0.2, 0.25) is 0 Å². The number of esters is 1. The van der Waals surface area contributed by atoms with Gasteiger partial charge in [-0.1, -0.05) is 18.5 Å². The van der Waals surface area contributed by atoms with Crippen LogP contribution in [0, 0.1) is 5.41 Å². The lowest BCUT2D eigenvalue weighted by Gasteiger charge is -2.59. The summed E-state index contributed by atoms with van der Waals surface area (Å²) in [6, 6.07) is 1.77. The fourth-order valence-corrected chi connectivity index (χ4v) is 3.98. The summed E-state index contributed by atoms with van der Waals surface area (Å²) in [5, 5.41) is 4.76. The third-order valence-electron chi connectivity index (χ3n) is 5.59. The Morgan fingerprint density at radius 1 is 1.38 bits per heavy atom. The van der Waals surface area contributed by atoms with Crippen LogP contribution in [0.25, 0.3) is 11.1 Å². The minimum absolute atomic E-state index is 0.0425. The van der Waals surface area contributed by atoms with Crippen LogP contribution < -0.4 is 0 Å². The number of aryl methyl sites for hydroxylation is 1. The van der Waals surface area contributed by atoms with Gasteiger partial charge >= 0.3 is 5.97 Å². The molecule has 2 atom stereocenters. The van der Waals surface area contributed by atoms with Crippen molar-refractivity contribution in [2.45, 2.75) is 58.2 Å². The number of rotatable bonds is 5. The number of carbonyl (C=O) groups is 1. The van der Waals surface area contributed by atoms with Crippen molar-refractivity contribution < 1.29 is 18.8 Å². The molecule has 0 saturated heterocycles. The largest absolute Gasteiger partial charge is 0.458 e. The molecule has 0 aromatic carbocycles. The number of ether oxygens (including phenoxy) is 2. The molecule has 0 amide bonds. The first-order valence-corrected chi connectivity index (χ1v) is 8.75. The average Bonchev–Trinajstić information content (AvgIpc) is 2.94. The lowest BCUT2D eigenvalue weighted by atomic mass is 9.52. The van der Waals surface area contributed by atoms with E-state index in [0.717, 1.165) is 36.8 Å². The quantitative estimate of drug-likeness (QED) is 0.783. The molecule has 0 unspecified atom stereocenters. The van der Waals surface area contributed by atoms with Crippen molar-refractivity contribution >= 4 is 17.1 Å². The zero-order valence-corrected chi connectivity index (χ0v) is 14.1. The Morgan fingerprint density at radius 2 is 2.21 bits per heavy atom. The summed E-state index contributed by atoms with van der Waals surface area (Å²) in [6.07, 6.45) is 6.57. The summed E-state index contributed by atoms with van der Waals surface area (Å²) in [5.74, 6) is -0.320. The van der Waals surface area contributed by atoms with Gasteiger partial charge < -0.3 is 14.0 Å². The van der Waals surface area contributed by atoms with E-state index in [2.05, 4.69) is 10.1 Å². The predicted molar refractivity (Wildman–Crippen MR) is 86.7 cm³/mol. The van der Waals surface area contributed by atoms with Crippen LogP contribution in [0.15, 0.2) is 16.8 Å². The van der Waals surface area contributed by atoms with Crippen LogP contribution in [-0.2, 0) is 15.9 Å². The molecule has 2 aromatic heterocycles. The van der Waals surface area contributed by atoms with Crippen molar-refractivity contribution in [1.82, 2.24) is 10.1 Å². The second-order valence-corrected chi connectivity index (χ2v) is 6.72. The highest BCUT2D eigenvalue weighted by molar-refractivity contribution is 5.93. The van der Waals surface area contributed by atoms with Crippen molar-refractivity contribution in [1.29, 1.82) is 0 Å². The molecule has 1 spiro atoms. The zero-order chi connectivity index (χ0) is 16.7. The third kappa shape index (κ3) is 2.24. The van der Waals surface area contributed by atoms with Gasteiger partial charge in [0.15, 0.2) is 0 Å². The Balaban J connectivity index is 1.50. The van der Waals surface area contributed by atoms with Crippen LogP contribution >= 0.6 is 0 Å². The topological polar surface area (TPSA) is 74.5 Å². The number of fused-ring (bicyclic) bond motifs is 1. The van der Waals surface area contributed by atoms with E-state index in [-0.39, 0.29) is 23.6 Å². The number of hydrogen-bond donors (Lipinski definition) is 0. The SMILES string of the molecule is CCO[C@@H]1C[C@@H](OC(=O)c2cnc3onc(CC)c3c2)C12CCC2. The Morgan fingerprint density at radius 3 is 2.88 bits per heavy atom. The Bertz CT molecular complexity index is 765. The van der Waals surface area contributed by atoms with E-state index in [1.807, 2.05) is 13.8 Å². The molecular weight excluding hydrogens is 308 g/mol. The molecule has 2 aliphatic rings. The smallest absolute Gasteiger partial charge is 0.340 e. The summed E-state index contributed by atoms with van der Waals surface area (Å²) in [6.45, 7) is 4.71. The van der Waals surface area contributed by atoms with Crippen molar-refractivity contribution in [2.75, 3.05) is 6.61 Å². The van der Waals surface area contributed by atoms with E-state index < -0.39 is 0 Å². The van der Waals surface area contributed by atoms with Gasteiger partial charge in [0.1, 0.15) is 6.10 Å². The first-order chi connectivity index (χ1) is 11.7. The van der Waals surface area contributed by atoms with Gasteiger partial charge in [-0.15, -0.1) is 0 Å². The molecule has 0 bridgehead atoms. The summed E-state index contributed by atoms with van der Waals surface area (Å²) in [5.41, 5.74) is 1.77. The van der Waals surface area contributed by atoms with E-state index in [1.165, 1.54) is 12.6 Å². The van der Waals surface area contributed by atoms with E-state index in [0.29, 0.717) is 17.9 Å². The van der Waals surface area contributed by atoms with Crippen molar-refractivity contribution in [3.8, 4) is 0 Å². The molecule has 2 aromatic rings. The monoisotopic (exact) mass is 330 g/mol. The number of pyridine rings is 1. The summed E-state index contributed by atoms with van der Waals surface area (Å²) in [7, 11) is 0. The molecule has 2 fully saturated rings. The second-order valence-electron chi connectivity index (χ2n) is 6.72. The first kappa shape index (κ1) is 15.6. The Labute approximate surface area is 140 Å². The molecule has 4 rings (SSSR count). The number of nitrogens with zero attached hydrogens (tertiary/aromatic N) is 2. The Kier molecular flexibility index (Phi) is 3.79. The summed E-state index contributed by atoms with van der Waals surface area (Å²) in [4.78, 5) is 16.7. The van der Waals surface area contributed by atoms with Crippen LogP contribution in [0.5, 0.6) is 0 Å². The van der Waals surface area contributed by atoms with Gasteiger partial charge in [-0.2, -0.15) is 0 Å². The van der Waals surface area contributed by atoms with Gasteiger partial charge in [-0.05, 0) is 32.3 Å². The fourth-order valence-electron chi connectivity index (χ4n) is 3.98. The molecule has 24 heavy (non-hydrogen) atoms. The van der Waals surface area contributed by atoms with Crippen molar-refractivity contribution in [3.05, 3.63) is 23.5 Å². The number of aromatic nitrogens is 2. The molecule has 2 heterocycles. The lowest BCUT2D eigenvalue weighted by Crippen LogP contribution is -2.63. The van der Waals surface area contributed by atoms with Gasteiger partial charge in [0.05, 0.1) is 22.7 Å².